The van der Waals surface area contributed by atoms with Crippen molar-refractivity contribution in [1.82, 2.24) is 9.66 Å². The number of rotatable bonds is 10. The van der Waals surface area contributed by atoms with Crippen molar-refractivity contribution in [2.45, 2.75) is 20.0 Å². The van der Waals surface area contributed by atoms with Gasteiger partial charge in [-0.1, -0.05) is 18.2 Å². The number of carbonyl (C=O) groups excluding carboxylic acids is 1. The second kappa shape index (κ2) is 12.0. The summed E-state index contributed by atoms with van der Waals surface area (Å²) in [6.07, 6.45) is 0.109. The minimum atomic E-state index is -1.14. The Morgan fingerprint density at radius 3 is 2.58 bits per heavy atom. The summed E-state index contributed by atoms with van der Waals surface area (Å²) in [5.41, 5.74) is 0.174. The van der Waals surface area contributed by atoms with Crippen molar-refractivity contribution < 1.29 is 33.1 Å². The lowest BCUT2D eigenvalue weighted by molar-refractivity contribution is -0.386. The second-order valence-corrected chi connectivity index (χ2v) is 9.14. The summed E-state index contributed by atoms with van der Waals surface area (Å²) < 4.78 is 28.4. The van der Waals surface area contributed by atoms with Crippen molar-refractivity contribution in [1.29, 1.82) is 0 Å². The monoisotopic (exact) mass is 586 g/mol. The predicted octanol–water partition coefficient (Wildman–Crippen LogP) is 4.95. The zero-order chi connectivity index (χ0) is 30.7. The molecule has 0 radical (unpaired) electrons. The van der Waals surface area contributed by atoms with Crippen LogP contribution >= 0.6 is 0 Å². The number of nitro groups is 1. The van der Waals surface area contributed by atoms with Crippen molar-refractivity contribution in [2.24, 2.45) is 5.10 Å². The standard InChI is InChI=1S/C30H26N4O9/c1-5-41-30(36)17(2)42-27-22(34(37)38)13-18(14-25(27)40-4)16-31-33-28(32-21-10-7-6-9-19(21)29(33)35)26-15-20-23(39-3)11-8-12-24(20)43-26/h6-17H,5H2,1-4H3/t17-/m1/s1. The number of para-hydroxylation sites is 1. The van der Waals surface area contributed by atoms with E-state index in [-0.39, 0.29) is 35.3 Å². The third kappa shape index (κ3) is 5.60. The Hall–Kier alpha value is -5.72. The molecule has 2 aromatic heterocycles. The van der Waals surface area contributed by atoms with Crippen LogP contribution in [0.25, 0.3) is 33.5 Å². The van der Waals surface area contributed by atoms with Gasteiger partial charge in [0.1, 0.15) is 11.3 Å². The fraction of sp³-hybridized carbons (Fsp3) is 0.200. The highest BCUT2D eigenvalue weighted by Crippen LogP contribution is 2.39. The van der Waals surface area contributed by atoms with Gasteiger partial charge in [0.25, 0.3) is 5.56 Å². The molecule has 0 bridgehead atoms. The molecule has 0 aliphatic carbocycles. The summed E-state index contributed by atoms with van der Waals surface area (Å²) in [7, 11) is 2.84. The smallest absolute Gasteiger partial charge is 0.347 e. The number of nitrogens with zero attached hydrogens (tertiary/aromatic N) is 4. The van der Waals surface area contributed by atoms with Gasteiger partial charge in [-0.15, -0.1) is 0 Å². The summed E-state index contributed by atoms with van der Waals surface area (Å²) in [5.74, 6) is -0.0530. The molecule has 5 aromatic rings. The topological polar surface area (TPSA) is 158 Å². The maximum absolute atomic E-state index is 13.6. The normalized spacial score (nSPS) is 12.0. The second-order valence-electron chi connectivity index (χ2n) is 9.14. The molecule has 0 amide bonds. The molecular weight excluding hydrogens is 560 g/mol. The summed E-state index contributed by atoms with van der Waals surface area (Å²) in [4.78, 5) is 41.7. The molecule has 0 N–H and O–H groups in total. The summed E-state index contributed by atoms with van der Waals surface area (Å²) >= 11 is 0. The first kappa shape index (κ1) is 28.8. The van der Waals surface area contributed by atoms with E-state index in [2.05, 4.69) is 10.1 Å². The highest BCUT2D eigenvalue weighted by Gasteiger charge is 2.27. The SMILES string of the molecule is CCOC(=O)[C@@H](C)Oc1c(OC)cc(C=Nn2c(-c3cc4c(OC)cccc4o3)nc3ccccc3c2=O)cc1[N+](=O)[O-]. The quantitative estimate of drug-likeness (QED) is 0.0949. The lowest BCUT2D eigenvalue weighted by atomic mass is 10.1. The van der Waals surface area contributed by atoms with Gasteiger partial charge in [0, 0.05) is 11.6 Å². The minimum Gasteiger partial charge on any atom is -0.496 e. The number of carbonyl (C=O) groups is 1. The van der Waals surface area contributed by atoms with Crippen LogP contribution in [-0.4, -0.2) is 53.7 Å². The van der Waals surface area contributed by atoms with Gasteiger partial charge in [-0.25, -0.2) is 9.78 Å². The van der Waals surface area contributed by atoms with Crippen LogP contribution in [0, 0.1) is 10.1 Å². The van der Waals surface area contributed by atoms with Crippen LogP contribution < -0.4 is 19.8 Å². The van der Waals surface area contributed by atoms with Crippen LogP contribution in [0.1, 0.15) is 19.4 Å². The van der Waals surface area contributed by atoms with E-state index in [1.807, 2.05) is 0 Å². The van der Waals surface area contributed by atoms with Crippen LogP contribution in [0.15, 0.2) is 75.0 Å². The fourth-order valence-corrected chi connectivity index (χ4v) is 4.41. The zero-order valence-electron chi connectivity index (χ0n) is 23.6. The Kier molecular flexibility index (Phi) is 8.05. The van der Waals surface area contributed by atoms with E-state index in [1.165, 1.54) is 39.5 Å². The van der Waals surface area contributed by atoms with E-state index in [4.69, 9.17) is 23.4 Å². The highest BCUT2D eigenvalue weighted by molar-refractivity contribution is 5.89. The maximum Gasteiger partial charge on any atom is 0.347 e. The van der Waals surface area contributed by atoms with Gasteiger partial charge >= 0.3 is 11.7 Å². The van der Waals surface area contributed by atoms with Crippen LogP contribution in [0.3, 0.4) is 0 Å². The molecule has 5 rings (SSSR count). The van der Waals surface area contributed by atoms with E-state index in [1.54, 1.807) is 55.5 Å². The third-order valence-electron chi connectivity index (χ3n) is 6.43. The predicted molar refractivity (Wildman–Crippen MR) is 157 cm³/mol. The Morgan fingerprint density at radius 1 is 1.09 bits per heavy atom. The van der Waals surface area contributed by atoms with Crippen molar-refractivity contribution in [3.05, 3.63) is 86.7 Å². The lowest BCUT2D eigenvalue weighted by Crippen LogP contribution is -2.26. The fourth-order valence-electron chi connectivity index (χ4n) is 4.41. The average Bonchev–Trinajstić information content (AvgIpc) is 3.45. The minimum absolute atomic E-state index is 0.0274. The number of furan rings is 1. The van der Waals surface area contributed by atoms with Crippen molar-refractivity contribution in [3.8, 4) is 28.8 Å². The average molecular weight is 587 g/mol. The molecule has 0 aliphatic rings. The molecule has 13 heteroatoms. The van der Waals surface area contributed by atoms with Crippen LogP contribution in [0.5, 0.6) is 17.2 Å². The molecule has 0 saturated carbocycles. The number of nitro benzene ring substituents is 1. The van der Waals surface area contributed by atoms with Gasteiger partial charge in [0.2, 0.25) is 11.6 Å². The van der Waals surface area contributed by atoms with E-state index in [0.717, 1.165) is 4.68 Å². The molecule has 220 valence electrons. The molecule has 0 unspecified atom stereocenters. The Balaban J connectivity index is 1.64. The molecule has 0 saturated heterocycles. The van der Waals surface area contributed by atoms with E-state index in [0.29, 0.717) is 27.6 Å². The third-order valence-corrected chi connectivity index (χ3v) is 6.43. The number of hydrogen-bond acceptors (Lipinski definition) is 11. The first-order valence-electron chi connectivity index (χ1n) is 13.1. The number of esters is 1. The number of aromatic nitrogens is 2. The number of benzene rings is 3. The molecule has 43 heavy (non-hydrogen) atoms. The van der Waals surface area contributed by atoms with Gasteiger partial charge in [-0.3, -0.25) is 14.9 Å². The van der Waals surface area contributed by atoms with Gasteiger partial charge in [0.05, 0.1) is 48.3 Å². The Morgan fingerprint density at radius 2 is 1.86 bits per heavy atom. The van der Waals surface area contributed by atoms with E-state index >= 15 is 0 Å². The van der Waals surface area contributed by atoms with Crippen LogP contribution in [0.4, 0.5) is 5.69 Å². The van der Waals surface area contributed by atoms with Crippen LogP contribution in [-0.2, 0) is 9.53 Å². The van der Waals surface area contributed by atoms with Gasteiger partial charge < -0.3 is 23.4 Å². The molecule has 0 fully saturated rings. The zero-order valence-corrected chi connectivity index (χ0v) is 23.6. The number of ether oxygens (including phenoxy) is 4. The van der Waals surface area contributed by atoms with Gasteiger partial charge in [-0.2, -0.15) is 9.78 Å². The van der Waals surface area contributed by atoms with Crippen molar-refractivity contribution in [3.63, 3.8) is 0 Å². The summed E-state index contributed by atoms with van der Waals surface area (Å²) in [6, 6.07) is 16.4. The van der Waals surface area contributed by atoms with E-state index < -0.39 is 28.2 Å². The number of hydrogen-bond donors (Lipinski definition) is 0. The lowest BCUT2D eigenvalue weighted by Gasteiger charge is -2.16. The van der Waals surface area contributed by atoms with Crippen molar-refractivity contribution >= 4 is 39.7 Å². The molecule has 0 aliphatic heterocycles. The highest BCUT2D eigenvalue weighted by atomic mass is 16.6. The Labute approximate surface area is 244 Å². The maximum atomic E-state index is 13.6. The molecular formula is C30H26N4O9. The first-order valence-corrected chi connectivity index (χ1v) is 13.1. The summed E-state index contributed by atoms with van der Waals surface area (Å²) in [6.45, 7) is 3.16. The Bertz CT molecular complexity index is 1940. The van der Waals surface area contributed by atoms with E-state index in [9.17, 15) is 19.7 Å². The van der Waals surface area contributed by atoms with Gasteiger partial charge in [0.15, 0.2) is 17.6 Å². The largest absolute Gasteiger partial charge is 0.496 e. The number of fused-ring (bicyclic) bond motifs is 2. The molecule has 1 atom stereocenters. The summed E-state index contributed by atoms with van der Waals surface area (Å²) in [5, 5.41) is 17.3. The van der Waals surface area contributed by atoms with Crippen LogP contribution in [0.2, 0.25) is 0 Å². The number of methoxy groups -OCH3 is 2. The molecule has 2 heterocycles. The molecule has 0 spiro atoms. The molecule has 3 aromatic carbocycles. The molecule has 13 nitrogen and oxygen atoms in total. The first-order chi connectivity index (χ1) is 20.7. The van der Waals surface area contributed by atoms with Crippen molar-refractivity contribution in [2.75, 3.05) is 20.8 Å². The van der Waals surface area contributed by atoms with Gasteiger partial charge in [-0.05, 0) is 50.2 Å².